The van der Waals surface area contributed by atoms with E-state index in [0.29, 0.717) is 23.0 Å². The Morgan fingerprint density at radius 2 is 1.13 bits per heavy atom. The van der Waals surface area contributed by atoms with Crippen LogP contribution in [-0.2, 0) is 0 Å². The van der Waals surface area contributed by atoms with E-state index in [4.69, 9.17) is 19.4 Å². The Balaban J connectivity index is 1.15. The van der Waals surface area contributed by atoms with E-state index in [1.165, 1.54) is 15.5 Å². The predicted octanol–water partition coefficient (Wildman–Crippen LogP) is 12.3. The summed E-state index contributed by atoms with van der Waals surface area (Å²) in [7, 11) is 0. The lowest BCUT2D eigenvalue weighted by molar-refractivity contribution is 0.669. The van der Waals surface area contributed by atoms with E-state index in [2.05, 4.69) is 91.0 Å². The molecule has 6 heteroatoms. The molecule has 0 saturated carbocycles. The highest BCUT2D eigenvalue weighted by Crippen LogP contribution is 2.41. The third-order valence-electron chi connectivity index (χ3n) is 9.59. The molecule has 0 spiro atoms. The summed E-state index contributed by atoms with van der Waals surface area (Å²) < 4.78 is 8.84. The van der Waals surface area contributed by atoms with Gasteiger partial charge in [-0.15, -0.1) is 11.3 Å². The number of rotatable bonds is 5. The highest BCUT2D eigenvalue weighted by atomic mass is 32.1. The first-order chi connectivity index (χ1) is 25.7. The van der Waals surface area contributed by atoms with Gasteiger partial charge in [0.2, 0.25) is 0 Å². The van der Waals surface area contributed by atoms with Gasteiger partial charge in [0.15, 0.2) is 17.5 Å². The van der Waals surface area contributed by atoms with Crippen LogP contribution in [0.2, 0.25) is 0 Å². The van der Waals surface area contributed by atoms with Crippen LogP contribution in [-0.4, -0.2) is 15.0 Å². The lowest BCUT2D eigenvalue weighted by atomic mass is 9.99. The molecule has 0 fully saturated rings. The summed E-state index contributed by atoms with van der Waals surface area (Å²) in [4.78, 5) is 15.3. The Morgan fingerprint density at radius 1 is 0.462 bits per heavy atom. The van der Waals surface area contributed by atoms with Crippen LogP contribution in [0.5, 0.6) is 0 Å². The minimum Gasteiger partial charge on any atom is -0.456 e. The van der Waals surface area contributed by atoms with Gasteiger partial charge in [0.1, 0.15) is 11.2 Å². The zero-order valence-corrected chi connectivity index (χ0v) is 28.4. The molecule has 0 bridgehead atoms. The van der Waals surface area contributed by atoms with Crippen molar-refractivity contribution >= 4 is 53.4 Å². The van der Waals surface area contributed by atoms with Gasteiger partial charge in [0.05, 0.1) is 11.6 Å². The van der Waals surface area contributed by atoms with E-state index in [1.807, 2.05) is 72.8 Å². The highest BCUT2D eigenvalue weighted by Gasteiger charge is 2.19. The molecule has 0 aliphatic rings. The molecule has 0 saturated heterocycles. The third-order valence-corrected chi connectivity index (χ3v) is 10.8. The lowest BCUT2D eigenvalue weighted by Crippen LogP contribution is -2.00. The molecule has 0 aliphatic heterocycles. The van der Waals surface area contributed by atoms with E-state index >= 15 is 0 Å². The van der Waals surface area contributed by atoms with Crippen molar-refractivity contribution in [1.82, 2.24) is 15.0 Å². The van der Waals surface area contributed by atoms with Gasteiger partial charge >= 0.3 is 0 Å². The van der Waals surface area contributed by atoms with E-state index in [-0.39, 0.29) is 0 Å². The summed E-state index contributed by atoms with van der Waals surface area (Å²) in [5.41, 5.74) is 9.17. The van der Waals surface area contributed by atoms with Crippen LogP contribution in [0.1, 0.15) is 5.56 Å². The smallest absolute Gasteiger partial charge is 0.165 e. The normalized spacial score (nSPS) is 11.4. The van der Waals surface area contributed by atoms with Crippen LogP contribution in [0.25, 0.3) is 98.5 Å². The summed E-state index contributed by atoms with van der Waals surface area (Å²) in [5, 5.41) is 14.0. The molecule has 52 heavy (non-hydrogen) atoms. The van der Waals surface area contributed by atoms with Crippen LogP contribution in [0.4, 0.5) is 0 Å². The zero-order chi connectivity index (χ0) is 34.6. The largest absolute Gasteiger partial charge is 0.456 e. The molecule has 242 valence electrons. The van der Waals surface area contributed by atoms with Gasteiger partial charge in [-0.25, -0.2) is 15.0 Å². The minimum atomic E-state index is 0.564. The average Bonchev–Trinajstić information content (AvgIpc) is 3.79. The predicted molar refractivity (Wildman–Crippen MR) is 212 cm³/mol. The Hall–Kier alpha value is -6.94. The molecule has 5 nitrogen and oxygen atoms in total. The van der Waals surface area contributed by atoms with Crippen molar-refractivity contribution in [2.75, 3.05) is 0 Å². The Bertz CT molecular complexity index is 3030. The van der Waals surface area contributed by atoms with Crippen LogP contribution < -0.4 is 0 Å². The summed E-state index contributed by atoms with van der Waals surface area (Å²) in [5.74, 6) is 1.75. The fraction of sp³-hybridized carbons (Fsp3) is 0. The second kappa shape index (κ2) is 12.1. The second-order valence-corrected chi connectivity index (χ2v) is 13.8. The van der Waals surface area contributed by atoms with Gasteiger partial charge in [0, 0.05) is 47.6 Å². The molecule has 0 amide bonds. The van der Waals surface area contributed by atoms with E-state index in [9.17, 15) is 5.26 Å². The Kier molecular flexibility index (Phi) is 6.98. The fourth-order valence-corrected chi connectivity index (χ4v) is 8.29. The van der Waals surface area contributed by atoms with Gasteiger partial charge in [-0.3, -0.25) is 0 Å². The van der Waals surface area contributed by atoms with Crippen molar-refractivity contribution in [3.63, 3.8) is 0 Å². The van der Waals surface area contributed by atoms with E-state index < -0.39 is 0 Å². The van der Waals surface area contributed by atoms with Crippen LogP contribution >= 0.6 is 11.3 Å². The number of hydrogen-bond acceptors (Lipinski definition) is 6. The Labute approximate surface area is 302 Å². The number of nitrogens with zero attached hydrogens (tertiary/aromatic N) is 4. The number of hydrogen-bond donors (Lipinski definition) is 0. The maximum absolute atomic E-state index is 9.43. The molecule has 3 aromatic heterocycles. The molecule has 0 radical (unpaired) electrons. The molecule has 0 aliphatic carbocycles. The molecule has 3 heterocycles. The van der Waals surface area contributed by atoms with Crippen LogP contribution in [0, 0.1) is 11.3 Å². The van der Waals surface area contributed by atoms with Gasteiger partial charge < -0.3 is 4.42 Å². The monoisotopic (exact) mass is 682 g/mol. The molecule has 0 unspecified atom stereocenters. The number of aromatic nitrogens is 3. The number of fused-ring (bicyclic) bond motifs is 6. The molecule has 7 aromatic carbocycles. The van der Waals surface area contributed by atoms with Crippen molar-refractivity contribution in [2.24, 2.45) is 0 Å². The van der Waals surface area contributed by atoms with Crippen molar-refractivity contribution in [1.29, 1.82) is 5.26 Å². The van der Waals surface area contributed by atoms with Gasteiger partial charge in [-0.2, -0.15) is 5.26 Å². The van der Waals surface area contributed by atoms with Crippen molar-refractivity contribution in [3.05, 3.63) is 163 Å². The second-order valence-electron chi connectivity index (χ2n) is 12.7. The summed E-state index contributed by atoms with van der Waals surface area (Å²) in [6.45, 7) is 0. The van der Waals surface area contributed by atoms with E-state index in [0.717, 1.165) is 65.6 Å². The van der Waals surface area contributed by atoms with Crippen LogP contribution in [0.3, 0.4) is 0 Å². The minimum absolute atomic E-state index is 0.564. The van der Waals surface area contributed by atoms with E-state index in [1.54, 1.807) is 11.3 Å². The topological polar surface area (TPSA) is 75.6 Å². The Morgan fingerprint density at radius 3 is 2.00 bits per heavy atom. The lowest BCUT2D eigenvalue weighted by Gasteiger charge is -2.10. The fourth-order valence-electron chi connectivity index (χ4n) is 7.08. The average molecular weight is 683 g/mol. The maximum Gasteiger partial charge on any atom is 0.165 e. The van der Waals surface area contributed by atoms with Crippen molar-refractivity contribution < 1.29 is 4.42 Å². The standard InChI is InChI=1S/C46H26N4OS/c47-27-28-9-6-12-32(25-28)29-19-21-31(22-20-29)44-48-45(50-46(49-44)38-16-7-15-36-35-13-4-5-18-41(35)52-43(36)38)33-23-24-37-40(26-33)51-39-17-8-14-34(42(37)39)30-10-2-1-3-11-30/h1-26H. The maximum atomic E-state index is 9.43. The molecule has 10 aromatic rings. The highest BCUT2D eigenvalue weighted by molar-refractivity contribution is 7.26. The van der Waals surface area contributed by atoms with Crippen molar-refractivity contribution in [3.8, 4) is 62.5 Å². The van der Waals surface area contributed by atoms with Gasteiger partial charge in [-0.1, -0.05) is 115 Å². The number of nitriles is 1. The first kappa shape index (κ1) is 29.9. The first-order valence-corrected chi connectivity index (χ1v) is 17.8. The zero-order valence-electron chi connectivity index (χ0n) is 27.6. The SMILES string of the molecule is N#Cc1cccc(-c2ccc(-c3nc(-c4ccc5c(c4)oc4cccc(-c6ccccc6)c45)nc(-c4cccc5c4sc4ccccc45)n3)cc2)c1. The van der Waals surface area contributed by atoms with Crippen molar-refractivity contribution in [2.45, 2.75) is 0 Å². The third kappa shape index (κ3) is 5.03. The summed E-state index contributed by atoms with van der Waals surface area (Å²) >= 11 is 1.75. The molecule has 0 atom stereocenters. The number of furan rings is 1. The molecular weight excluding hydrogens is 657 g/mol. The quantitative estimate of drug-likeness (QED) is 0.181. The summed E-state index contributed by atoms with van der Waals surface area (Å²) in [6, 6.07) is 55.7. The number of thiophene rings is 1. The number of benzene rings is 7. The first-order valence-electron chi connectivity index (χ1n) is 17.0. The van der Waals surface area contributed by atoms with Gasteiger partial charge in [-0.05, 0) is 64.7 Å². The molecule has 10 rings (SSSR count). The molecular formula is C46H26N4OS. The van der Waals surface area contributed by atoms with Gasteiger partial charge in [0.25, 0.3) is 0 Å². The molecule has 0 N–H and O–H groups in total. The van der Waals surface area contributed by atoms with Crippen LogP contribution in [0.15, 0.2) is 162 Å². The summed E-state index contributed by atoms with van der Waals surface area (Å²) in [6.07, 6.45) is 0.